The summed E-state index contributed by atoms with van der Waals surface area (Å²) in [6, 6.07) is 21.3. The van der Waals surface area contributed by atoms with Gasteiger partial charge in [-0.25, -0.2) is 4.39 Å². The SMILES string of the molecule is Cc1cc(C(CCc2ccc(Cl)cc2)N[C@@H](C(N)=O)c2ccccc2)ccc1F. The average Bonchev–Trinajstić information content (AvgIpc) is 2.72. The van der Waals surface area contributed by atoms with E-state index in [1.54, 1.807) is 13.0 Å². The molecule has 5 heteroatoms. The van der Waals surface area contributed by atoms with E-state index in [-0.39, 0.29) is 11.9 Å². The van der Waals surface area contributed by atoms with Crippen LogP contribution in [0.25, 0.3) is 0 Å². The molecular weight excluding hydrogens is 387 g/mol. The van der Waals surface area contributed by atoms with Crippen LogP contribution in [0.3, 0.4) is 0 Å². The Kier molecular flexibility index (Phi) is 7.02. The van der Waals surface area contributed by atoms with E-state index in [0.717, 1.165) is 23.1 Å². The van der Waals surface area contributed by atoms with Crippen molar-refractivity contribution in [1.82, 2.24) is 5.32 Å². The lowest BCUT2D eigenvalue weighted by atomic mass is 9.95. The number of carbonyl (C=O) groups excluding carboxylic acids is 1. The lowest BCUT2D eigenvalue weighted by Gasteiger charge is -2.25. The van der Waals surface area contributed by atoms with E-state index in [0.29, 0.717) is 17.0 Å². The van der Waals surface area contributed by atoms with Gasteiger partial charge in [-0.1, -0.05) is 66.2 Å². The smallest absolute Gasteiger partial charge is 0.239 e. The molecule has 29 heavy (non-hydrogen) atoms. The number of primary amides is 1. The topological polar surface area (TPSA) is 55.1 Å². The zero-order chi connectivity index (χ0) is 20.8. The van der Waals surface area contributed by atoms with Crippen LogP contribution < -0.4 is 11.1 Å². The van der Waals surface area contributed by atoms with Gasteiger partial charge in [0.1, 0.15) is 11.9 Å². The van der Waals surface area contributed by atoms with E-state index in [1.165, 1.54) is 6.07 Å². The van der Waals surface area contributed by atoms with Crippen molar-refractivity contribution >= 4 is 17.5 Å². The first-order valence-corrected chi connectivity index (χ1v) is 9.92. The molecule has 0 saturated heterocycles. The van der Waals surface area contributed by atoms with Crippen molar-refractivity contribution < 1.29 is 9.18 Å². The third kappa shape index (κ3) is 5.66. The van der Waals surface area contributed by atoms with Gasteiger partial charge in [-0.3, -0.25) is 10.1 Å². The monoisotopic (exact) mass is 410 g/mol. The molecule has 0 aliphatic rings. The highest BCUT2D eigenvalue weighted by Gasteiger charge is 2.23. The molecule has 0 aromatic heterocycles. The van der Waals surface area contributed by atoms with Crippen LogP contribution in [0.5, 0.6) is 0 Å². The summed E-state index contributed by atoms with van der Waals surface area (Å²) >= 11 is 5.97. The van der Waals surface area contributed by atoms with Crippen LogP contribution >= 0.6 is 11.6 Å². The van der Waals surface area contributed by atoms with Crippen molar-refractivity contribution in [3.05, 3.63) is 106 Å². The highest BCUT2D eigenvalue weighted by molar-refractivity contribution is 6.30. The second kappa shape index (κ2) is 9.68. The molecule has 1 amide bonds. The first-order valence-electron chi connectivity index (χ1n) is 9.55. The maximum atomic E-state index is 13.8. The van der Waals surface area contributed by atoms with Crippen molar-refractivity contribution in [3.8, 4) is 0 Å². The molecule has 3 rings (SSSR count). The standard InChI is InChI=1S/C24H24ClFN2O/c1-16-15-19(10-13-21(16)26)22(14-9-17-7-11-20(25)12-8-17)28-23(24(27)29)18-5-3-2-4-6-18/h2-8,10-13,15,22-23,28H,9,14H2,1H3,(H2,27,29)/t22?,23-/m1/s1. The molecule has 0 saturated carbocycles. The molecule has 2 atom stereocenters. The van der Waals surface area contributed by atoms with Gasteiger partial charge in [0.05, 0.1) is 0 Å². The number of nitrogens with one attached hydrogen (secondary N) is 1. The third-order valence-electron chi connectivity index (χ3n) is 5.00. The fourth-order valence-electron chi connectivity index (χ4n) is 3.38. The van der Waals surface area contributed by atoms with Gasteiger partial charge in [0.15, 0.2) is 0 Å². The van der Waals surface area contributed by atoms with Crippen molar-refractivity contribution in [1.29, 1.82) is 0 Å². The van der Waals surface area contributed by atoms with Crippen LogP contribution in [0.1, 0.15) is 40.8 Å². The Labute approximate surface area is 175 Å². The minimum absolute atomic E-state index is 0.178. The Balaban J connectivity index is 1.87. The van der Waals surface area contributed by atoms with Gasteiger partial charge in [-0.05, 0) is 60.2 Å². The number of carbonyl (C=O) groups is 1. The largest absolute Gasteiger partial charge is 0.368 e. The van der Waals surface area contributed by atoms with E-state index in [2.05, 4.69) is 5.32 Å². The van der Waals surface area contributed by atoms with Crippen LogP contribution in [-0.4, -0.2) is 5.91 Å². The molecule has 0 heterocycles. The van der Waals surface area contributed by atoms with Gasteiger partial charge < -0.3 is 5.73 Å². The first kappa shape index (κ1) is 21.0. The first-order chi connectivity index (χ1) is 13.9. The molecule has 3 aromatic carbocycles. The van der Waals surface area contributed by atoms with Crippen molar-refractivity contribution in [2.45, 2.75) is 31.8 Å². The van der Waals surface area contributed by atoms with Crippen LogP contribution in [-0.2, 0) is 11.2 Å². The van der Waals surface area contributed by atoms with Crippen molar-refractivity contribution in [3.63, 3.8) is 0 Å². The van der Waals surface area contributed by atoms with Crippen LogP contribution in [0.4, 0.5) is 4.39 Å². The molecule has 3 N–H and O–H groups in total. The number of amides is 1. The van der Waals surface area contributed by atoms with E-state index in [9.17, 15) is 9.18 Å². The van der Waals surface area contributed by atoms with Gasteiger partial charge in [-0.15, -0.1) is 0 Å². The summed E-state index contributed by atoms with van der Waals surface area (Å²) in [4.78, 5) is 12.2. The fraction of sp³-hybridized carbons (Fsp3) is 0.208. The normalized spacial score (nSPS) is 13.1. The number of rotatable bonds is 8. The molecule has 0 fully saturated rings. The minimum atomic E-state index is -0.642. The van der Waals surface area contributed by atoms with Crippen LogP contribution in [0.15, 0.2) is 72.8 Å². The highest BCUT2D eigenvalue weighted by atomic mass is 35.5. The summed E-state index contributed by atoms with van der Waals surface area (Å²) in [6.07, 6.45) is 1.48. The molecule has 1 unspecified atom stereocenters. The molecular formula is C24H24ClFN2O. The number of nitrogens with two attached hydrogens (primary N) is 1. The predicted octanol–water partition coefficient (Wildman–Crippen LogP) is 5.28. The zero-order valence-corrected chi connectivity index (χ0v) is 17.0. The second-order valence-corrected chi connectivity index (χ2v) is 7.58. The molecule has 3 nitrogen and oxygen atoms in total. The van der Waals surface area contributed by atoms with Crippen molar-refractivity contribution in [2.24, 2.45) is 5.73 Å². The Morgan fingerprint density at radius 1 is 1.03 bits per heavy atom. The lowest BCUT2D eigenvalue weighted by molar-refractivity contribution is -0.120. The molecule has 0 spiro atoms. The number of hydrogen-bond donors (Lipinski definition) is 2. The molecule has 0 aliphatic heterocycles. The number of halogens is 2. The number of benzene rings is 3. The van der Waals surface area contributed by atoms with Gasteiger partial charge >= 0.3 is 0 Å². The fourth-order valence-corrected chi connectivity index (χ4v) is 3.51. The minimum Gasteiger partial charge on any atom is -0.368 e. The summed E-state index contributed by atoms with van der Waals surface area (Å²) in [5, 5.41) is 4.08. The van der Waals surface area contributed by atoms with Gasteiger partial charge in [0.2, 0.25) is 5.91 Å². The highest BCUT2D eigenvalue weighted by Crippen LogP contribution is 2.26. The maximum absolute atomic E-state index is 13.8. The molecule has 0 bridgehead atoms. The molecule has 0 radical (unpaired) electrons. The average molecular weight is 411 g/mol. The molecule has 3 aromatic rings. The Hall–Kier alpha value is -2.69. The summed E-state index contributed by atoms with van der Waals surface area (Å²) in [5.74, 6) is -0.703. The predicted molar refractivity (Wildman–Crippen MR) is 115 cm³/mol. The number of aryl methyl sites for hydroxylation is 2. The van der Waals surface area contributed by atoms with Crippen molar-refractivity contribution in [2.75, 3.05) is 0 Å². The summed E-state index contributed by atoms with van der Waals surface area (Å²) in [6.45, 7) is 1.73. The zero-order valence-electron chi connectivity index (χ0n) is 16.2. The van der Waals surface area contributed by atoms with Gasteiger partial charge in [0, 0.05) is 11.1 Å². The maximum Gasteiger partial charge on any atom is 0.239 e. The molecule has 0 aliphatic carbocycles. The summed E-state index contributed by atoms with van der Waals surface area (Å²) in [5.41, 5.74) is 9.12. The Morgan fingerprint density at radius 3 is 2.34 bits per heavy atom. The summed E-state index contributed by atoms with van der Waals surface area (Å²) in [7, 11) is 0. The van der Waals surface area contributed by atoms with Crippen LogP contribution in [0.2, 0.25) is 5.02 Å². The van der Waals surface area contributed by atoms with Gasteiger partial charge in [0.25, 0.3) is 0 Å². The van der Waals surface area contributed by atoms with E-state index in [4.69, 9.17) is 17.3 Å². The Bertz CT molecular complexity index is 960. The quantitative estimate of drug-likeness (QED) is 0.531. The number of hydrogen-bond acceptors (Lipinski definition) is 2. The summed E-state index contributed by atoms with van der Waals surface area (Å²) < 4.78 is 13.8. The van der Waals surface area contributed by atoms with E-state index < -0.39 is 11.9 Å². The van der Waals surface area contributed by atoms with E-state index in [1.807, 2.05) is 60.7 Å². The van der Waals surface area contributed by atoms with E-state index >= 15 is 0 Å². The third-order valence-corrected chi connectivity index (χ3v) is 5.26. The van der Waals surface area contributed by atoms with Crippen LogP contribution in [0, 0.1) is 12.7 Å². The second-order valence-electron chi connectivity index (χ2n) is 7.14. The van der Waals surface area contributed by atoms with Gasteiger partial charge in [-0.2, -0.15) is 0 Å². The molecule has 150 valence electrons. The lowest BCUT2D eigenvalue weighted by Crippen LogP contribution is -2.36. The Morgan fingerprint density at radius 2 is 1.72 bits per heavy atom.